The molecule has 4 rings (SSSR count). The van der Waals surface area contributed by atoms with Gasteiger partial charge in [0, 0.05) is 49.7 Å². The van der Waals surface area contributed by atoms with Crippen molar-refractivity contribution in [1.82, 2.24) is 14.5 Å². The van der Waals surface area contributed by atoms with Crippen molar-refractivity contribution in [1.29, 1.82) is 0 Å². The first-order valence-electron chi connectivity index (χ1n) is 10.2. The number of ether oxygens (including phenoxy) is 2. The fourth-order valence-corrected chi connectivity index (χ4v) is 4.50. The summed E-state index contributed by atoms with van der Waals surface area (Å²) in [4.78, 5) is 15.6. The highest BCUT2D eigenvalue weighted by atomic mass is 16.5. The summed E-state index contributed by atoms with van der Waals surface area (Å²) in [6, 6.07) is 5.12. The van der Waals surface area contributed by atoms with Crippen LogP contribution in [-0.4, -0.2) is 76.7 Å². The zero-order valence-corrected chi connectivity index (χ0v) is 17.8. The summed E-state index contributed by atoms with van der Waals surface area (Å²) in [6.45, 7) is 6.80. The van der Waals surface area contributed by atoms with E-state index >= 15 is 0 Å². The van der Waals surface area contributed by atoms with Crippen LogP contribution in [0.15, 0.2) is 24.5 Å². The first kappa shape index (κ1) is 22.3. The molecule has 0 bridgehead atoms. The summed E-state index contributed by atoms with van der Waals surface area (Å²) in [6.07, 6.45) is 5.94. The van der Waals surface area contributed by atoms with E-state index in [4.69, 9.17) is 19.4 Å². The Morgan fingerprint density at radius 2 is 2.03 bits per heavy atom. The van der Waals surface area contributed by atoms with Gasteiger partial charge in [0.15, 0.2) is 0 Å². The smallest absolute Gasteiger partial charge is 0.290 e. The van der Waals surface area contributed by atoms with Crippen molar-refractivity contribution in [2.24, 2.45) is 0 Å². The van der Waals surface area contributed by atoms with Gasteiger partial charge >= 0.3 is 0 Å². The molecular formula is C22H31N3O5. The monoisotopic (exact) mass is 417 g/mol. The molecule has 0 spiro atoms. The minimum atomic E-state index is -0.250. The third kappa shape index (κ3) is 4.66. The molecule has 1 aromatic carbocycles. The van der Waals surface area contributed by atoms with Crippen LogP contribution >= 0.6 is 0 Å². The number of benzene rings is 1. The lowest BCUT2D eigenvalue weighted by Gasteiger charge is -2.34. The number of hydrogen-bond acceptors (Lipinski definition) is 6. The maximum absolute atomic E-state index is 9.19. The van der Waals surface area contributed by atoms with E-state index < -0.39 is 0 Å². The number of aliphatic hydroxyl groups is 1. The Bertz CT molecular complexity index is 853. The molecule has 2 aromatic rings. The van der Waals surface area contributed by atoms with Crippen molar-refractivity contribution in [3.05, 3.63) is 35.7 Å². The second-order valence-electron chi connectivity index (χ2n) is 7.87. The van der Waals surface area contributed by atoms with Crippen molar-refractivity contribution in [3.8, 4) is 17.1 Å². The molecule has 2 fully saturated rings. The van der Waals surface area contributed by atoms with Crippen LogP contribution in [0.25, 0.3) is 11.4 Å². The van der Waals surface area contributed by atoms with Crippen molar-refractivity contribution in [2.45, 2.75) is 44.9 Å². The van der Waals surface area contributed by atoms with E-state index in [0.717, 1.165) is 48.8 Å². The Labute approximate surface area is 177 Å². The fraction of sp³-hybridized carbons (Fsp3) is 0.545. The van der Waals surface area contributed by atoms with Crippen molar-refractivity contribution < 1.29 is 24.5 Å². The van der Waals surface area contributed by atoms with E-state index in [2.05, 4.69) is 46.6 Å². The van der Waals surface area contributed by atoms with Gasteiger partial charge in [-0.05, 0) is 49.9 Å². The van der Waals surface area contributed by atoms with Crippen molar-refractivity contribution in [2.75, 3.05) is 33.4 Å². The number of rotatable bonds is 5. The lowest BCUT2D eigenvalue weighted by molar-refractivity contribution is -0.122. The van der Waals surface area contributed by atoms with Crippen molar-refractivity contribution in [3.63, 3.8) is 0 Å². The van der Waals surface area contributed by atoms with Crippen LogP contribution in [0, 0.1) is 13.8 Å². The van der Waals surface area contributed by atoms with Crippen LogP contribution in [0.2, 0.25) is 0 Å². The molecule has 0 radical (unpaired) electrons. The van der Waals surface area contributed by atoms with E-state index in [1.165, 1.54) is 5.56 Å². The number of aromatic nitrogens is 2. The van der Waals surface area contributed by atoms with E-state index in [-0.39, 0.29) is 19.2 Å². The number of imidazole rings is 1. The van der Waals surface area contributed by atoms with Crippen LogP contribution in [0.1, 0.15) is 30.0 Å². The van der Waals surface area contributed by atoms with E-state index in [0.29, 0.717) is 18.5 Å². The minimum absolute atomic E-state index is 0.152. The number of hydrogen-bond donors (Lipinski definition) is 2. The number of aliphatic hydroxyl groups excluding tert-OH is 1. The minimum Gasteiger partial charge on any atom is -0.496 e. The number of fused-ring (bicyclic) bond motifs is 1. The number of carboxylic acid groups (broad SMARTS) is 1. The second-order valence-corrected chi connectivity index (χ2v) is 7.87. The quantitative estimate of drug-likeness (QED) is 0.721. The van der Waals surface area contributed by atoms with Crippen LogP contribution in [0.3, 0.4) is 0 Å². The number of nitrogens with zero attached hydrogens (tertiary/aromatic N) is 3. The normalized spacial score (nSPS) is 23.4. The number of morpholine rings is 1. The molecule has 30 heavy (non-hydrogen) atoms. The van der Waals surface area contributed by atoms with Gasteiger partial charge in [0.1, 0.15) is 11.6 Å². The Kier molecular flexibility index (Phi) is 7.47. The molecule has 0 unspecified atom stereocenters. The summed E-state index contributed by atoms with van der Waals surface area (Å²) in [5, 5.41) is 16.1. The molecule has 3 heterocycles. The number of carbonyl (C=O) groups is 1. The molecule has 0 saturated carbocycles. The predicted octanol–water partition coefficient (Wildman–Crippen LogP) is 2.27. The standard InChI is InChI=1S/C21H29N3O3.CH2O2/c1-14-9-20(26-3)15(2)8-19(14)21-22-5-6-24(21)16-10-17-13-27-18(4-7-25)12-23(17)11-16;2-1-3/h5-6,8-9,16-18,25H,4,7,10-13H2,1-3H3;1H,(H,2,3)/t16-,17+,18+;/m1./s1. The first-order chi connectivity index (χ1) is 14.5. The maximum Gasteiger partial charge on any atom is 0.290 e. The molecule has 8 nitrogen and oxygen atoms in total. The largest absolute Gasteiger partial charge is 0.496 e. The third-order valence-corrected chi connectivity index (χ3v) is 5.96. The average Bonchev–Trinajstić information content (AvgIpc) is 3.36. The lowest BCUT2D eigenvalue weighted by Crippen LogP contribution is -2.46. The van der Waals surface area contributed by atoms with Crippen LogP contribution in [-0.2, 0) is 9.53 Å². The molecule has 1 aromatic heterocycles. The van der Waals surface area contributed by atoms with Crippen LogP contribution in [0.5, 0.6) is 5.75 Å². The maximum atomic E-state index is 9.19. The Morgan fingerprint density at radius 3 is 2.73 bits per heavy atom. The third-order valence-electron chi connectivity index (χ3n) is 5.96. The second kappa shape index (κ2) is 10.1. The van der Waals surface area contributed by atoms with Gasteiger partial charge in [0.25, 0.3) is 6.47 Å². The zero-order chi connectivity index (χ0) is 21.7. The highest BCUT2D eigenvalue weighted by molar-refractivity contribution is 5.64. The summed E-state index contributed by atoms with van der Waals surface area (Å²) >= 11 is 0. The highest BCUT2D eigenvalue weighted by Crippen LogP contribution is 2.35. The lowest BCUT2D eigenvalue weighted by atomic mass is 10.0. The molecule has 2 N–H and O–H groups in total. The summed E-state index contributed by atoms with van der Waals surface area (Å²) in [7, 11) is 1.71. The average molecular weight is 418 g/mol. The van der Waals surface area contributed by atoms with Gasteiger partial charge in [0.05, 0.1) is 19.8 Å². The van der Waals surface area contributed by atoms with E-state index in [1.807, 2.05) is 6.20 Å². The Balaban J connectivity index is 0.000000806. The van der Waals surface area contributed by atoms with E-state index in [9.17, 15) is 5.11 Å². The molecule has 164 valence electrons. The van der Waals surface area contributed by atoms with Gasteiger partial charge in [0.2, 0.25) is 0 Å². The van der Waals surface area contributed by atoms with Gasteiger partial charge in [-0.25, -0.2) is 4.98 Å². The summed E-state index contributed by atoms with van der Waals surface area (Å²) < 4.78 is 13.7. The number of methoxy groups -OCH3 is 1. The van der Waals surface area contributed by atoms with Gasteiger partial charge in [-0.2, -0.15) is 0 Å². The van der Waals surface area contributed by atoms with Crippen molar-refractivity contribution >= 4 is 6.47 Å². The van der Waals surface area contributed by atoms with E-state index in [1.54, 1.807) is 7.11 Å². The predicted molar refractivity (Wildman–Crippen MR) is 113 cm³/mol. The zero-order valence-electron chi connectivity index (χ0n) is 17.8. The first-order valence-corrected chi connectivity index (χ1v) is 10.2. The molecule has 2 aliphatic heterocycles. The molecule has 0 aliphatic carbocycles. The van der Waals surface area contributed by atoms with Crippen LogP contribution < -0.4 is 4.74 Å². The topological polar surface area (TPSA) is 97.1 Å². The van der Waals surface area contributed by atoms with Gasteiger partial charge in [-0.15, -0.1) is 0 Å². The fourth-order valence-electron chi connectivity index (χ4n) is 4.50. The number of aryl methyl sites for hydroxylation is 2. The van der Waals surface area contributed by atoms with Crippen LogP contribution in [0.4, 0.5) is 0 Å². The Morgan fingerprint density at radius 1 is 1.27 bits per heavy atom. The molecule has 2 saturated heterocycles. The molecule has 3 atom stereocenters. The molecular weight excluding hydrogens is 386 g/mol. The van der Waals surface area contributed by atoms with Gasteiger partial charge < -0.3 is 24.3 Å². The van der Waals surface area contributed by atoms with Gasteiger partial charge in [-0.3, -0.25) is 9.69 Å². The highest BCUT2D eigenvalue weighted by Gasteiger charge is 2.38. The molecule has 0 amide bonds. The molecule has 2 aliphatic rings. The van der Waals surface area contributed by atoms with Gasteiger partial charge in [-0.1, -0.05) is 0 Å². The SMILES string of the molecule is COc1cc(C)c(-c2nccn2[C@@H]2C[C@H]3CO[C@@H](CCO)CN3C2)cc1C.O=CO. The molecule has 8 heteroatoms. The summed E-state index contributed by atoms with van der Waals surface area (Å²) in [5.74, 6) is 1.94. The summed E-state index contributed by atoms with van der Waals surface area (Å²) in [5.41, 5.74) is 3.46. The Hall–Kier alpha value is -2.42.